The first-order chi connectivity index (χ1) is 7.27. The van der Waals surface area contributed by atoms with Crippen molar-refractivity contribution in [3.8, 4) is 5.75 Å². The Morgan fingerprint density at radius 2 is 2.40 bits per heavy atom. The maximum absolute atomic E-state index is 10.3. The Labute approximate surface area is 88.0 Å². The first kappa shape index (κ1) is 9.77. The molecule has 3 nitrogen and oxygen atoms in total. The van der Waals surface area contributed by atoms with Crippen LogP contribution in [0.15, 0.2) is 24.3 Å². The molecule has 0 atom stereocenters. The van der Waals surface area contributed by atoms with Crippen LogP contribution < -0.4 is 4.74 Å². The van der Waals surface area contributed by atoms with Gasteiger partial charge < -0.3 is 9.84 Å². The van der Waals surface area contributed by atoms with E-state index in [9.17, 15) is 4.79 Å². The summed E-state index contributed by atoms with van der Waals surface area (Å²) in [6, 6.07) is 5.94. The van der Waals surface area contributed by atoms with Crippen LogP contribution in [-0.4, -0.2) is 17.7 Å². The van der Waals surface area contributed by atoms with Gasteiger partial charge in [0.1, 0.15) is 5.75 Å². The molecule has 0 bridgehead atoms. The summed E-state index contributed by atoms with van der Waals surface area (Å²) in [6.45, 7) is 0.721. The quantitative estimate of drug-likeness (QED) is 0.820. The van der Waals surface area contributed by atoms with Crippen LogP contribution in [0.25, 0.3) is 6.08 Å². The van der Waals surface area contributed by atoms with Crippen LogP contribution in [0.2, 0.25) is 0 Å². The highest BCUT2D eigenvalue weighted by atomic mass is 16.5. The Morgan fingerprint density at radius 1 is 1.53 bits per heavy atom. The fraction of sp³-hybridized carbons (Fsp3) is 0.250. The van der Waals surface area contributed by atoms with E-state index >= 15 is 0 Å². The van der Waals surface area contributed by atoms with Crippen LogP contribution >= 0.6 is 0 Å². The lowest BCUT2D eigenvalue weighted by Crippen LogP contribution is -1.90. The molecule has 1 aliphatic rings. The van der Waals surface area contributed by atoms with Crippen molar-refractivity contribution in [1.82, 2.24) is 0 Å². The molecule has 0 spiro atoms. The maximum Gasteiger partial charge on any atom is 0.307 e. The fourth-order valence-corrected chi connectivity index (χ4v) is 1.66. The van der Waals surface area contributed by atoms with Crippen molar-refractivity contribution in [2.75, 3.05) is 6.61 Å². The van der Waals surface area contributed by atoms with Gasteiger partial charge in [-0.2, -0.15) is 0 Å². The van der Waals surface area contributed by atoms with Crippen molar-refractivity contribution < 1.29 is 14.6 Å². The van der Waals surface area contributed by atoms with E-state index < -0.39 is 5.97 Å². The number of benzene rings is 1. The highest BCUT2D eigenvalue weighted by Gasteiger charge is 2.13. The summed E-state index contributed by atoms with van der Waals surface area (Å²) in [5, 5.41) is 8.50. The number of ether oxygens (including phenoxy) is 1. The second-order valence-electron chi connectivity index (χ2n) is 3.43. The Morgan fingerprint density at radius 3 is 3.20 bits per heavy atom. The Kier molecular flexibility index (Phi) is 2.72. The number of fused-ring (bicyclic) bond motifs is 1. The topological polar surface area (TPSA) is 46.5 Å². The molecule has 0 aromatic heterocycles. The molecule has 1 aliphatic heterocycles. The van der Waals surface area contributed by atoms with Gasteiger partial charge >= 0.3 is 5.97 Å². The molecule has 0 radical (unpaired) electrons. The van der Waals surface area contributed by atoms with E-state index in [1.54, 1.807) is 12.2 Å². The zero-order chi connectivity index (χ0) is 10.7. The van der Waals surface area contributed by atoms with E-state index in [2.05, 4.69) is 0 Å². The van der Waals surface area contributed by atoms with Crippen LogP contribution in [0, 0.1) is 0 Å². The zero-order valence-electron chi connectivity index (χ0n) is 8.27. The molecule has 0 fully saturated rings. The summed E-state index contributed by atoms with van der Waals surface area (Å²) in [5.74, 6) is 0.0823. The second-order valence-corrected chi connectivity index (χ2v) is 3.43. The Bertz CT molecular complexity index is 407. The Balaban J connectivity index is 2.18. The minimum Gasteiger partial charge on any atom is -0.492 e. The van der Waals surface area contributed by atoms with Gasteiger partial charge in [-0.1, -0.05) is 30.4 Å². The number of rotatable bonds is 3. The third kappa shape index (κ3) is 2.18. The number of aliphatic carboxylic acids is 1. The van der Waals surface area contributed by atoms with Crippen LogP contribution in [0.1, 0.15) is 17.5 Å². The molecule has 1 aromatic rings. The highest BCUT2D eigenvalue weighted by Crippen LogP contribution is 2.30. The lowest BCUT2D eigenvalue weighted by atomic mass is 10.1. The van der Waals surface area contributed by atoms with Crippen molar-refractivity contribution in [1.29, 1.82) is 0 Å². The molecule has 1 heterocycles. The van der Waals surface area contributed by atoms with Gasteiger partial charge in [-0.15, -0.1) is 0 Å². The predicted octanol–water partition coefficient (Wildman–Crippen LogP) is 2.11. The summed E-state index contributed by atoms with van der Waals surface area (Å²) in [4.78, 5) is 10.3. The molecule has 3 heteroatoms. The molecule has 0 amide bonds. The standard InChI is InChI=1S/C12H12O3/c13-11(14)6-2-5-9-3-1-4-10-7-8-15-12(9)10/h1-5H,6-8H2,(H,13,14)/b5-2+. The maximum atomic E-state index is 10.3. The van der Waals surface area contributed by atoms with E-state index in [1.165, 1.54) is 5.56 Å². The minimum atomic E-state index is -0.820. The molecule has 15 heavy (non-hydrogen) atoms. The smallest absolute Gasteiger partial charge is 0.307 e. The summed E-state index contributed by atoms with van der Waals surface area (Å²) in [7, 11) is 0. The zero-order valence-corrected chi connectivity index (χ0v) is 8.27. The van der Waals surface area contributed by atoms with E-state index in [4.69, 9.17) is 9.84 Å². The molecule has 0 unspecified atom stereocenters. The van der Waals surface area contributed by atoms with E-state index in [0.717, 1.165) is 24.3 Å². The SMILES string of the molecule is O=C(O)C/C=C/c1cccc2c1OCC2. The van der Waals surface area contributed by atoms with E-state index in [1.807, 2.05) is 18.2 Å². The molecule has 0 saturated carbocycles. The highest BCUT2D eigenvalue weighted by molar-refractivity contribution is 5.71. The van der Waals surface area contributed by atoms with Crippen molar-refractivity contribution in [3.63, 3.8) is 0 Å². The number of carboxylic acid groups (broad SMARTS) is 1. The van der Waals surface area contributed by atoms with E-state index in [0.29, 0.717) is 0 Å². The average Bonchev–Trinajstić information content (AvgIpc) is 2.65. The van der Waals surface area contributed by atoms with Gasteiger partial charge in [-0.05, 0) is 5.56 Å². The van der Waals surface area contributed by atoms with Gasteiger partial charge in [0.2, 0.25) is 0 Å². The third-order valence-electron chi connectivity index (χ3n) is 2.33. The van der Waals surface area contributed by atoms with Crippen molar-refractivity contribution in [2.24, 2.45) is 0 Å². The second kappa shape index (κ2) is 4.17. The molecule has 1 N–H and O–H groups in total. The lowest BCUT2D eigenvalue weighted by molar-refractivity contribution is -0.135. The molecule has 1 aromatic carbocycles. The number of hydrogen-bond acceptors (Lipinski definition) is 2. The summed E-state index contributed by atoms with van der Waals surface area (Å²) >= 11 is 0. The first-order valence-corrected chi connectivity index (χ1v) is 4.90. The normalized spacial score (nSPS) is 13.9. The average molecular weight is 204 g/mol. The number of carboxylic acids is 1. The predicted molar refractivity (Wildman–Crippen MR) is 56.9 cm³/mol. The third-order valence-corrected chi connectivity index (χ3v) is 2.33. The monoisotopic (exact) mass is 204 g/mol. The molecular formula is C12H12O3. The molecule has 0 aliphatic carbocycles. The molecular weight excluding hydrogens is 192 g/mol. The number of carbonyl (C=O) groups is 1. The minimum absolute atomic E-state index is 0.0453. The largest absolute Gasteiger partial charge is 0.492 e. The molecule has 78 valence electrons. The van der Waals surface area contributed by atoms with Crippen molar-refractivity contribution >= 4 is 12.0 Å². The summed E-state index contributed by atoms with van der Waals surface area (Å²) in [6.07, 6.45) is 4.43. The van der Waals surface area contributed by atoms with E-state index in [-0.39, 0.29) is 6.42 Å². The number of hydrogen-bond donors (Lipinski definition) is 1. The Hall–Kier alpha value is -1.77. The first-order valence-electron chi connectivity index (χ1n) is 4.90. The summed E-state index contributed by atoms with van der Waals surface area (Å²) < 4.78 is 5.49. The van der Waals surface area contributed by atoms with Crippen molar-refractivity contribution in [2.45, 2.75) is 12.8 Å². The van der Waals surface area contributed by atoms with Gasteiger partial charge in [-0.3, -0.25) is 4.79 Å². The lowest BCUT2D eigenvalue weighted by Gasteiger charge is -2.02. The van der Waals surface area contributed by atoms with Gasteiger partial charge in [0, 0.05) is 12.0 Å². The van der Waals surface area contributed by atoms with Gasteiger partial charge in [0.25, 0.3) is 0 Å². The van der Waals surface area contributed by atoms with Crippen LogP contribution in [0.4, 0.5) is 0 Å². The fourth-order valence-electron chi connectivity index (χ4n) is 1.66. The van der Waals surface area contributed by atoms with Crippen LogP contribution in [0.5, 0.6) is 5.75 Å². The van der Waals surface area contributed by atoms with Gasteiger partial charge in [-0.25, -0.2) is 0 Å². The summed E-state index contributed by atoms with van der Waals surface area (Å²) in [5.41, 5.74) is 2.17. The number of para-hydroxylation sites is 1. The van der Waals surface area contributed by atoms with Gasteiger partial charge in [0.05, 0.1) is 13.0 Å². The van der Waals surface area contributed by atoms with Crippen molar-refractivity contribution in [3.05, 3.63) is 35.4 Å². The van der Waals surface area contributed by atoms with Crippen LogP contribution in [-0.2, 0) is 11.2 Å². The molecule has 2 rings (SSSR count). The van der Waals surface area contributed by atoms with Crippen LogP contribution in [0.3, 0.4) is 0 Å². The van der Waals surface area contributed by atoms with Gasteiger partial charge in [0.15, 0.2) is 0 Å². The molecule has 0 saturated heterocycles.